The molecule has 2 aliphatic heterocycles. The minimum atomic E-state index is -0.0953. The molecule has 3 heterocycles. The van der Waals surface area contributed by atoms with Crippen LogP contribution in [-0.2, 0) is 29.1 Å². The Kier molecular flexibility index (Phi) is 4.72. The predicted molar refractivity (Wildman–Crippen MR) is 91.5 cm³/mol. The van der Waals surface area contributed by atoms with Gasteiger partial charge in [-0.15, -0.1) is 10.2 Å². The molecule has 1 atom stereocenters. The van der Waals surface area contributed by atoms with Crippen molar-refractivity contribution in [3.8, 4) is 0 Å². The van der Waals surface area contributed by atoms with Gasteiger partial charge in [0.25, 0.3) is 0 Å². The highest BCUT2D eigenvalue weighted by Gasteiger charge is 2.35. The van der Waals surface area contributed by atoms with Crippen molar-refractivity contribution in [3.63, 3.8) is 0 Å². The maximum absolute atomic E-state index is 12.6. The summed E-state index contributed by atoms with van der Waals surface area (Å²) in [6.07, 6.45) is 9.01. The van der Waals surface area contributed by atoms with Gasteiger partial charge < -0.3 is 14.8 Å². The van der Waals surface area contributed by atoms with E-state index in [9.17, 15) is 9.59 Å². The molecule has 136 valence electrons. The Hall–Kier alpha value is -1.92. The van der Waals surface area contributed by atoms with E-state index in [1.54, 1.807) is 0 Å². The van der Waals surface area contributed by atoms with Crippen LogP contribution in [0.5, 0.6) is 0 Å². The minimum absolute atomic E-state index is 0.0451. The van der Waals surface area contributed by atoms with Gasteiger partial charge in [-0.2, -0.15) is 0 Å². The molecule has 0 radical (unpaired) electrons. The van der Waals surface area contributed by atoms with Crippen molar-refractivity contribution in [2.75, 3.05) is 6.54 Å². The predicted octanol–water partition coefficient (Wildman–Crippen LogP) is 1.41. The molecule has 1 aromatic heterocycles. The van der Waals surface area contributed by atoms with Crippen LogP contribution < -0.4 is 5.32 Å². The number of carbonyl (C=O) groups excluding carboxylic acids is 2. The van der Waals surface area contributed by atoms with E-state index in [4.69, 9.17) is 0 Å². The number of aromatic nitrogens is 3. The largest absolute Gasteiger partial charge is 0.348 e. The first-order valence-corrected chi connectivity index (χ1v) is 9.70. The molecule has 2 fully saturated rings. The van der Waals surface area contributed by atoms with E-state index >= 15 is 0 Å². The first kappa shape index (κ1) is 16.5. The Morgan fingerprint density at radius 2 is 1.92 bits per heavy atom. The van der Waals surface area contributed by atoms with E-state index in [0.717, 1.165) is 50.3 Å². The van der Waals surface area contributed by atoms with E-state index in [1.807, 2.05) is 4.90 Å². The summed E-state index contributed by atoms with van der Waals surface area (Å²) in [6.45, 7) is 1.95. The second-order valence-corrected chi connectivity index (χ2v) is 7.58. The molecule has 0 bridgehead atoms. The number of likely N-dealkylation sites (tertiary alicyclic amines) is 1. The number of rotatable bonds is 4. The van der Waals surface area contributed by atoms with E-state index in [2.05, 4.69) is 20.1 Å². The lowest BCUT2D eigenvalue weighted by Crippen LogP contribution is -2.49. The van der Waals surface area contributed by atoms with Crippen molar-refractivity contribution in [1.82, 2.24) is 25.0 Å². The molecule has 4 rings (SSSR count). The lowest BCUT2D eigenvalue weighted by molar-refractivity contribution is -0.140. The molecule has 0 spiro atoms. The number of piperidine rings is 1. The average Bonchev–Trinajstić information content (AvgIpc) is 3.30. The van der Waals surface area contributed by atoms with E-state index in [-0.39, 0.29) is 17.7 Å². The van der Waals surface area contributed by atoms with Gasteiger partial charge in [-0.1, -0.05) is 12.8 Å². The zero-order valence-electron chi connectivity index (χ0n) is 14.7. The molecule has 1 aromatic rings. The van der Waals surface area contributed by atoms with E-state index in [0.29, 0.717) is 32.0 Å². The normalized spacial score (nSPS) is 24.4. The van der Waals surface area contributed by atoms with Gasteiger partial charge in [0.05, 0.1) is 12.5 Å². The Morgan fingerprint density at radius 1 is 1.08 bits per heavy atom. The van der Waals surface area contributed by atoms with Crippen LogP contribution in [0.25, 0.3) is 0 Å². The van der Waals surface area contributed by atoms with Gasteiger partial charge in [0, 0.05) is 32.0 Å². The lowest BCUT2D eigenvalue weighted by atomic mass is 9.95. The summed E-state index contributed by atoms with van der Waals surface area (Å²) in [5, 5.41) is 11.5. The van der Waals surface area contributed by atoms with Gasteiger partial charge in [-0.05, 0) is 32.1 Å². The number of nitrogens with one attached hydrogen (secondary N) is 1. The van der Waals surface area contributed by atoms with Gasteiger partial charge >= 0.3 is 0 Å². The molecule has 7 heteroatoms. The zero-order valence-corrected chi connectivity index (χ0v) is 14.7. The molecule has 2 amide bonds. The molecule has 25 heavy (non-hydrogen) atoms. The number of aryl methyl sites for hydroxylation is 1. The molecule has 0 unspecified atom stereocenters. The summed E-state index contributed by atoms with van der Waals surface area (Å²) in [4.78, 5) is 26.8. The van der Waals surface area contributed by atoms with Crippen LogP contribution in [0, 0.1) is 5.92 Å². The van der Waals surface area contributed by atoms with E-state index in [1.165, 1.54) is 12.8 Å². The zero-order chi connectivity index (χ0) is 17.2. The average molecular weight is 345 g/mol. The van der Waals surface area contributed by atoms with Crippen molar-refractivity contribution in [2.45, 2.75) is 76.9 Å². The number of amides is 2. The van der Waals surface area contributed by atoms with Crippen molar-refractivity contribution in [3.05, 3.63) is 11.6 Å². The summed E-state index contributed by atoms with van der Waals surface area (Å²) in [5.41, 5.74) is 0. The fraction of sp³-hybridized carbons (Fsp3) is 0.778. The third-order valence-electron chi connectivity index (χ3n) is 5.94. The SMILES string of the molecule is O=C(NCc1nnc2n1CCCC2)[C@H]1CCC(=O)N(C2CCCC2)C1. The fourth-order valence-corrected chi connectivity index (χ4v) is 4.46. The number of nitrogens with zero attached hydrogens (tertiary/aromatic N) is 4. The first-order chi connectivity index (χ1) is 12.2. The van der Waals surface area contributed by atoms with E-state index < -0.39 is 0 Å². The summed E-state index contributed by atoms with van der Waals surface area (Å²) in [6, 6.07) is 0.353. The van der Waals surface area contributed by atoms with Gasteiger partial charge in [-0.3, -0.25) is 9.59 Å². The molecule has 3 aliphatic rings. The van der Waals surface area contributed by atoms with Crippen LogP contribution in [0.15, 0.2) is 0 Å². The Morgan fingerprint density at radius 3 is 2.76 bits per heavy atom. The second kappa shape index (κ2) is 7.14. The van der Waals surface area contributed by atoms with Crippen LogP contribution in [0.3, 0.4) is 0 Å². The first-order valence-electron chi connectivity index (χ1n) is 9.70. The Bertz CT molecular complexity index is 650. The standard InChI is InChI=1S/C18H27N5O2/c24-17-9-8-13(12-23(17)14-5-1-2-6-14)18(25)19-11-16-21-20-15-7-3-4-10-22(15)16/h13-14H,1-12H2,(H,19,25)/t13-/m0/s1. The monoisotopic (exact) mass is 345 g/mol. The van der Waals surface area contributed by atoms with Gasteiger partial charge in [0.1, 0.15) is 5.82 Å². The summed E-state index contributed by atoms with van der Waals surface area (Å²) < 4.78 is 2.14. The maximum Gasteiger partial charge on any atom is 0.225 e. The fourth-order valence-electron chi connectivity index (χ4n) is 4.46. The number of fused-ring (bicyclic) bond motifs is 1. The lowest BCUT2D eigenvalue weighted by Gasteiger charge is -2.36. The van der Waals surface area contributed by atoms with Gasteiger partial charge in [0.15, 0.2) is 5.82 Å². The molecule has 0 aromatic carbocycles. The third kappa shape index (κ3) is 3.41. The van der Waals surface area contributed by atoms with Crippen LogP contribution in [-0.4, -0.2) is 44.1 Å². The van der Waals surface area contributed by atoms with Crippen molar-refractivity contribution in [2.24, 2.45) is 5.92 Å². The molecule has 1 saturated heterocycles. The van der Waals surface area contributed by atoms with Crippen molar-refractivity contribution in [1.29, 1.82) is 0 Å². The van der Waals surface area contributed by atoms with Crippen LogP contribution >= 0.6 is 0 Å². The molecule has 1 aliphatic carbocycles. The van der Waals surface area contributed by atoms with Crippen LogP contribution in [0.2, 0.25) is 0 Å². The van der Waals surface area contributed by atoms with Crippen molar-refractivity contribution >= 4 is 11.8 Å². The molecule has 1 N–H and O–H groups in total. The molecular weight excluding hydrogens is 318 g/mol. The van der Waals surface area contributed by atoms with Crippen molar-refractivity contribution < 1.29 is 9.59 Å². The topological polar surface area (TPSA) is 80.1 Å². The summed E-state index contributed by atoms with van der Waals surface area (Å²) in [7, 11) is 0. The highest BCUT2D eigenvalue weighted by Crippen LogP contribution is 2.28. The number of carbonyl (C=O) groups is 2. The maximum atomic E-state index is 12.6. The molecule has 1 saturated carbocycles. The molecular formula is C18H27N5O2. The van der Waals surface area contributed by atoms with Crippen LogP contribution in [0.4, 0.5) is 0 Å². The highest BCUT2D eigenvalue weighted by molar-refractivity contribution is 5.84. The molecule has 7 nitrogen and oxygen atoms in total. The quantitative estimate of drug-likeness (QED) is 0.895. The van der Waals surface area contributed by atoms with Crippen LogP contribution in [0.1, 0.15) is 63.0 Å². The number of hydrogen-bond donors (Lipinski definition) is 1. The smallest absolute Gasteiger partial charge is 0.225 e. The summed E-state index contributed by atoms with van der Waals surface area (Å²) >= 11 is 0. The Balaban J connectivity index is 1.34. The summed E-state index contributed by atoms with van der Waals surface area (Å²) in [5.74, 6) is 2.06. The van der Waals surface area contributed by atoms with Gasteiger partial charge in [-0.25, -0.2) is 0 Å². The third-order valence-corrected chi connectivity index (χ3v) is 5.94. The second-order valence-electron chi connectivity index (χ2n) is 7.58. The Labute approximate surface area is 148 Å². The number of hydrogen-bond acceptors (Lipinski definition) is 4. The van der Waals surface area contributed by atoms with Gasteiger partial charge in [0.2, 0.25) is 11.8 Å². The highest BCUT2D eigenvalue weighted by atomic mass is 16.2. The minimum Gasteiger partial charge on any atom is -0.348 e.